The van der Waals surface area contributed by atoms with E-state index >= 15 is 0 Å². The first-order chi connectivity index (χ1) is 20.2. The highest BCUT2D eigenvalue weighted by Crippen LogP contribution is 2.44. The molecule has 0 bridgehead atoms. The van der Waals surface area contributed by atoms with E-state index < -0.39 is 104 Å². The number of fused-ring (bicyclic) bond motifs is 1. The van der Waals surface area contributed by atoms with Crippen molar-refractivity contribution < 1.29 is 76.1 Å². The van der Waals surface area contributed by atoms with Crippen LogP contribution in [0.15, 0.2) is 11.8 Å². The first kappa shape index (κ1) is 33.7. The Morgan fingerprint density at radius 3 is 1.91 bits per heavy atom. The summed E-state index contributed by atoms with van der Waals surface area (Å²) in [4.78, 5) is 72.1. The summed E-state index contributed by atoms with van der Waals surface area (Å²) in [5.74, 6) is -5.72. The molecule has 3 heterocycles. The smallest absolute Gasteiger partial charge is 0.337 e. The summed E-state index contributed by atoms with van der Waals surface area (Å²) in [7, 11) is 1.20. The fraction of sp³-hybridized carbons (Fsp3) is 0.704. The van der Waals surface area contributed by atoms with Crippen LogP contribution in [0.25, 0.3) is 0 Å². The van der Waals surface area contributed by atoms with Crippen molar-refractivity contribution in [2.45, 2.75) is 97.4 Å². The van der Waals surface area contributed by atoms with Crippen LogP contribution < -0.4 is 0 Å². The maximum atomic E-state index is 12.6. The normalized spacial score (nSPS) is 33.3. The van der Waals surface area contributed by atoms with E-state index in [4.69, 9.17) is 47.4 Å². The molecule has 3 aliphatic heterocycles. The van der Waals surface area contributed by atoms with Gasteiger partial charge in [0.1, 0.15) is 12.7 Å². The SMILES string of the molecule is COC(=O)C1=COC(O[C@@H]2O[C@H](COC(C)=O)[C@@H](OC(C)=O)[C@H](OC(C)=O)[C@H]2OC(C)=O)C2C(C)OC(OC(C)=O)CC12. The lowest BCUT2D eigenvalue weighted by Crippen LogP contribution is -2.64. The van der Waals surface area contributed by atoms with E-state index in [1.165, 1.54) is 14.0 Å². The topological polar surface area (TPSA) is 195 Å². The van der Waals surface area contributed by atoms with E-state index in [1.54, 1.807) is 6.92 Å². The largest absolute Gasteiger partial charge is 0.471 e. The fourth-order valence-corrected chi connectivity index (χ4v) is 5.27. The number of methoxy groups -OCH3 is 1. The Hall–Kier alpha value is -3.76. The van der Waals surface area contributed by atoms with Gasteiger partial charge in [0.25, 0.3) is 0 Å². The Labute approximate surface area is 247 Å². The molecule has 16 nitrogen and oxygen atoms in total. The molecule has 0 spiro atoms. The van der Waals surface area contributed by atoms with Crippen molar-refractivity contribution in [3.8, 4) is 0 Å². The van der Waals surface area contributed by atoms with Gasteiger partial charge >= 0.3 is 35.8 Å². The maximum absolute atomic E-state index is 12.6. The molecule has 0 aromatic heterocycles. The molecule has 0 aliphatic carbocycles. The summed E-state index contributed by atoms with van der Waals surface area (Å²) >= 11 is 0. The van der Waals surface area contributed by atoms with Gasteiger partial charge in [0.15, 0.2) is 18.3 Å². The van der Waals surface area contributed by atoms with E-state index in [0.29, 0.717) is 0 Å². The van der Waals surface area contributed by atoms with Gasteiger partial charge in [-0.3, -0.25) is 24.0 Å². The number of carbonyl (C=O) groups excluding carboxylic acids is 6. The molecule has 5 unspecified atom stereocenters. The zero-order valence-corrected chi connectivity index (χ0v) is 24.8. The van der Waals surface area contributed by atoms with Gasteiger partial charge in [-0.2, -0.15) is 0 Å². The molecule has 0 N–H and O–H groups in total. The lowest BCUT2D eigenvalue weighted by Gasteiger charge is -2.48. The van der Waals surface area contributed by atoms with Crippen molar-refractivity contribution in [3.63, 3.8) is 0 Å². The predicted octanol–water partition coefficient (Wildman–Crippen LogP) is 0.430. The van der Waals surface area contributed by atoms with Crippen molar-refractivity contribution in [2.75, 3.05) is 13.7 Å². The van der Waals surface area contributed by atoms with Gasteiger partial charge in [0.05, 0.1) is 31.0 Å². The van der Waals surface area contributed by atoms with Crippen molar-refractivity contribution in [1.29, 1.82) is 0 Å². The average Bonchev–Trinajstić information content (AvgIpc) is 2.89. The summed E-state index contributed by atoms with van der Waals surface area (Å²) < 4.78 is 55.3. The third kappa shape index (κ3) is 8.64. The zero-order chi connectivity index (χ0) is 32.0. The number of hydrogen-bond acceptors (Lipinski definition) is 16. The van der Waals surface area contributed by atoms with E-state index in [1.807, 2.05) is 0 Å². The third-order valence-electron chi connectivity index (χ3n) is 6.80. The fourth-order valence-electron chi connectivity index (χ4n) is 5.27. The van der Waals surface area contributed by atoms with Gasteiger partial charge in [-0.1, -0.05) is 0 Å². The number of hydrogen-bond donors (Lipinski definition) is 0. The molecule has 10 atom stereocenters. The second kappa shape index (κ2) is 14.6. The predicted molar refractivity (Wildman–Crippen MR) is 136 cm³/mol. The maximum Gasteiger partial charge on any atom is 0.337 e. The van der Waals surface area contributed by atoms with Crippen molar-refractivity contribution in [3.05, 3.63) is 11.8 Å². The van der Waals surface area contributed by atoms with Crippen LogP contribution in [-0.4, -0.2) is 98.9 Å². The summed E-state index contributed by atoms with van der Waals surface area (Å²) in [6.45, 7) is 6.86. The molecule has 0 aromatic rings. The Kier molecular flexibility index (Phi) is 11.5. The first-order valence-corrected chi connectivity index (χ1v) is 13.4. The minimum atomic E-state index is -1.54. The summed E-state index contributed by atoms with van der Waals surface area (Å²) in [5.41, 5.74) is 0.140. The summed E-state index contributed by atoms with van der Waals surface area (Å²) in [5, 5.41) is 0. The van der Waals surface area contributed by atoms with E-state index in [9.17, 15) is 28.8 Å². The van der Waals surface area contributed by atoms with Gasteiger partial charge in [0.2, 0.25) is 18.9 Å². The highest BCUT2D eigenvalue weighted by atomic mass is 16.8. The first-order valence-electron chi connectivity index (χ1n) is 13.4. The quantitative estimate of drug-likeness (QED) is 0.255. The van der Waals surface area contributed by atoms with Crippen LogP contribution in [0.3, 0.4) is 0 Å². The minimum Gasteiger partial charge on any atom is -0.471 e. The molecule has 240 valence electrons. The Bertz CT molecular complexity index is 1120. The van der Waals surface area contributed by atoms with Crippen LogP contribution in [0.1, 0.15) is 48.0 Å². The van der Waals surface area contributed by atoms with Crippen molar-refractivity contribution in [1.82, 2.24) is 0 Å². The number of ether oxygens (including phenoxy) is 10. The molecule has 0 saturated carbocycles. The number of carbonyl (C=O) groups is 6. The van der Waals surface area contributed by atoms with Crippen LogP contribution in [0.4, 0.5) is 0 Å². The van der Waals surface area contributed by atoms with E-state index in [-0.39, 0.29) is 12.0 Å². The van der Waals surface area contributed by atoms with E-state index in [2.05, 4.69) is 0 Å². The number of rotatable bonds is 9. The second-order valence-corrected chi connectivity index (χ2v) is 10.1. The van der Waals surface area contributed by atoms with Gasteiger partial charge in [0, 0.05) is 47.0 Å². The minimum absolute atomic E-state index is 0.0529. The molecule has 0 aromatic carbocycles. The summed E-state index contributed by atoms with van der Waals surface area (Å²) in [6.07, 6.45) is -8.87. The molecule has 0 radical (unpaired) electrons. The van der Waals surface area contributed by atoms with Gasteiger partial charge in [-0.25, -0.2) is 4.79 Å². The molecule has 43 heavy (non-hydrogen) atoms. The van der Waals surface area contributed by atoms with E-state index in [0.717, 1.165) is 34.0 Å². The lowest BCUT2D eigenvalue weighted by atomic mass is 9.77. The molecule has 16 heteroatoms. The molecular weight excluding hydrogens is 580 g/mol. The zero-order valence-electron chi connectivity index (χ0n) is 24.8. The highest BCUT2D eigenvalue weighted by molar-refractivity contribution is 5.89. The average molecular weight is 617 g/mol. The highest BCUT2D eigenvalue weighted by Gasteiger charge is 2.56. The lowest BCUT2D eigenvalue weighted by molar-refractivity contribution is -0.354. The van der Waals surface area contributed by atoms with Crippen molar-refractivity contribution in [2.24, 2.45) is 11.8 Å². The Morgan fingerprint density at radius 2 is 1.35 bits per heavy atom. The van der Waals surface area contributed by atoms with Crippen LogP contribution in [0.2, 0.25) is 0 Å². The molecule has 3 aliphatic rings. The molecule has 3 rings (SSSR count). The third-order valence-corrected chi connectivity index (χ3v) is 6.80. The Morgan fingerprint density at radius 1 is 0.767 bits per heavy atom. The van der Waals surface area contributed by atoms with Gasteiger partial charge in [-0.05, 0) is 6.92 Å². The second-order valence-electron chi connectivity index (χ2n) is 10.1. The molecule has 2 fully saturated rings. The van der Waals surface area contributed by atoms with Gasteiger partial charge in [-0.15, -0.1) is 0 Å². The molecular formula is C27H36O16. The van der Waals surface area contributed by atoms with Crippen LogP contribution in [0.5, 0.6) is 0 Å². The van der Waals surface area contributed by atoms with Crippen LogP contribution >= 0.6 is 0 Å². The van der Waals surface area contributed by atoms with Crippen LogP contribution in [-0.2, 0) is 76.1 Å². The van der Waals surface area contributed by atoms with Crippen molar-refractivity contribution >= 4 is 35.8 Å². The Balaban J connectivity index is 2.01. The standard InChI is InChI=1S/C27H36O16/c1-11-21-17(8-20(37-11)38-13(3)29)18(25(33)34-7)9-36-26(21)43-27-24(41-16(6)32)23(40-15(5)31)22(39-14(4)30)19(42-27)10-35-12(2)28/h9,11,17,19-24,26-27H,8,10H2,1-7H3/t11?,17?,19-,20?,21?,22-,23+,24-,26?,27+/m1/s1. The molecule has 0 amide bonds. The monoisotopic (exact) mass is 616 g/mol. The van der Waals surface area contributed by atoms with Crippen LogP contribution in [0, 0.1) is 11.8 Å². The van der Waals surface area contributed by atoms with Gasteiger partial charge < -0.3 is 47.4 Å². The molecule has 2 saturated heterocycles. The summed E-state index contributed by atoms with van der Waals surface area (Å²) in [6, 6.07) is 0. The number of esters is 6.